The van der Waals surface area contributed by atoms with Crippen molar-refractivity contribution >= 4 is 22.0 Å². The number of halogens is 2. The molecule has 0 fully saturated rings. The van der Waals surface area contributed by atoms with Gasteiger partial charge in [0.15, 0.2) is 0 Å². The van der Waals surface area contributed by atoms with Gasteiger partial charge in [-0.25, -0.2) is 4.39 Å². The number of rotatable bonds is 4. The van der Waals surface area contributed by atoms with Gasteiger partial charge in [0.05, 0.1) is 6.04 Å². The van der Waals surface area contributed by atoms with Crippen molar-refractivity contribution in [2.45, 2.75) is 6.04 Å². The summed E-state index contributed by atoms with van der Waals surface area (Å²) >= 11 is 3.23. The molecule has 3 nitrogen and oxygen atoms in total. The van der Waals surface area contributed by atoms with E-state index in [1.54, 1.807) is 24.3 Å². The molecule has 0 aromatic heterocycles. The van der Waals surface area contributed by atoms with Crippen molar-refractivity contribution in [2.24, 2.45) is 5.11 Å². The Balaban J connectivity index is 2.71. The lowest BCUT2D eigenvalue weighted by Crippen LogP contribution is -1.98. The molecule has 0 saturated heterocycles. The molecule has 0 bridgehead atoms. The van der Waals surface area contributed by atoms with Crippen molar-refractivity contribution in [3.05, 3.63) is 52.2 Å². The van der Waals surface area contributed by atoms with Gasteiger partial charge in [-0.2, -0.15) is 0 Å². The predicted molar refractivity (Wildman–Crippen MR) is 62.2 cm³/mol. The first-order chi connectivity index (χ1) is 7.26. The van der Waals surface area contributed by atoms with Gasteiger partial charge in [0.1, 0.15) is 5.82 Å². The van der Waals surface area contributed by atoms with Gasteiger partial charge >= 0.3 is 0 Å². The molecule has 1 atom stereocenters. The Labute approximate surface area is 95.4 Å². The molecule has 0 N–H and O–H groups in total. The molecule has 1 unspecified atom stereocenters. The molecule has 0 heterocycles. The lowest BCUT2D eigenvalue weighted by molar-refractivity contribution is 0.628. The summed E-state index contributed by atoms with van der Waals surface area (Å²) in [6.07, 6.45) is 3.56. The molecule has 1 rings (SSSR count). The van der Waals surface area contributed by atoms with Gasteiger partial charge in [-0.05, 0) is 23.2 Å². The van der Waals surface area contributed by atoms with E-state index in [-0.39, 0.29) is 11.9 Å². The first-order valence-corrected chi connectivity index (χ1v) is 5.42. The van der Waals surface area contributed by atoms with E-state index in [0.29, 0.717) is 5.33 Å². The van der Waals surface area contributed by atoms with Crippen molar-refractivity contribution in [2.75, 3.05) is 5.33 Å². The van der Waals surface area contributed by atoms with Crippen LogP contribution in [0.5, 0.6) is 0 Å². The van der Waals surface area contributed by atoms with E-state index in [1.165, 1.54) is 12.1 Å². The monoisotopic (exact) mass is 269 g/mol. The van der Waals surface area contributed by atoms with Crippen LogP contribution in [0.25, 0.3) is 16.5 Å². The zero-order valence-electron chi connectivity index (χ0n) is 7.85. The summed E-state index contributed by atoms with van der Waals surface area (Å²) in [5.41, 5.74) is 9.13. The fraction of sp³-hybridized carbons (Fsp3) is 0.200. The lowest BCUT2D eigenvalue weighted by atomic mass is 10.2. The highest BCUT2D eigenvalue weighted by Crippen LogP contribution is 2.07. The first-order valence-electron chi connectivity index (χ1n) is 4.30. The quantitative estimate of drug-likeness (QED) is 0.344. The molecule has 0 radical (unpaired) electrons. The van der Waals surface area contributed by atoms with Crippen LogP contribution >= 0.6 is 15.9 Å². The normalized spacial score (nSPS) is 12.4. The van der Waals surface area contributed by atoms with Crippen LogP contribution in [0.15, 0.2) is 35.5 Å². The van der Waals surface area contributed by atoms with Gasteiger partial charge in [0.2, 0.25) is 0 Å². The minimum absolute atomic E-state index is 0.222. The summed E-state index contributed by atoms with van der Waals surface area (Å²) in [5.74, 6) is -0.265. The van der Waals surface area contributed by atoms with Crippen LogP contribution in [-0.2, 0) is 0 Å². The second-order valence-electron chi connectivity index (χ2n) is 2.84. The first kappa shape index (κ1) is 11.8. The Morgan fingerprint density at radius 2 is 2.13 bits per heavy atom. The number of benzene rings is 1. The highest BCUT2D eigenvalue weighted by molar-refractivity contribution is 9.09. The number of azide groups is 1. The van der Waals surface area contributed by atoms with Crippen molar-refractivity contribution < 1.29 is 4.39 Å². The molecular weight excluding hydrogens is 261 g/mol. The summed E-state index contributed by atoms with van der Waals surface area (Å²) in [6, 6.07) is 5.87. The lowest BCUT2D eigenvalue weighted by Gasteiger charge is -1.98. The molecule has 1 aromatic rings. The third-order valence-corrected chi connectivity index (χ3v) is 2.40. The van der Waals surface area contributed by atoms with E-state index in [2.05, 4.69) is 26.0 Å². The largest absolute Gasteiger partial charge is 0.207 e. The highest BCUT2D eigenvalue weighted by Gasteiger charge is 1.97. The topological polar surface area (TPSA) is 48.8 Å². The van der Waals surface area contributed by atoms with Gasteiger partial charge in [0.25, 0.3) is 0 Å². The summed E-state index contributed by atoms with van der Waals surface area (Å²) in [5, 5.41) is 4.11. The Hall–Kier alpha value is -1.32. The van der Waals surface area contributed by atoms with Crippen LogP contribution in [0.4, 0.5) is 4.39 Å². The van der Waals surface area contributed by atoms with Gasteiger partial charge in [-0.3, -0.25) is 0 Å². The van der Waals surface area contributed by atoms with Crippen LogP contribution in [0.3, 0.4) is 0 Å². The molecule has 15 heavy (non-hydrogen) atoms. The second-order valence-corrected chi connectivity index (χ2v) is 3.48. The summed E-state index contributed by atoms with van der Waals surface area (Å²) < 4.78 is 12.6. The van der Waals surface area contributed by atoms with Crippen molar-refractivity contribution in [1.82, 2.24) is 0 Å². The molecule has 78 valence electrons. The number of hydrogen-bond acceptors (Lipinski definition) is 1. The van der Waals surface area contributed by atoms with Crippen LogP contribution < -0.4 is 0 Å². The summed E-state index contributed by atoms with van der Waals surface area (Å²) in [6.45, 7) is 0. The third kappa shape index (κ3) is 4.14. The zero-order valence-corrected chi connectivity index (χ0v) is 9.43. The van der Waals surface area contributed by atoms with Crippen molar-refractivity contribution in [3.63, 3.8) is 0 Å². The number of nitrogens with zero attached hydrogens (tertiary/aromatic N) is 3. The summed E-state index contributed by atoms with van der Waals surface area (Å²) in [4.78, 5) is 2.72. The van der Waals surface area contributed by atoms with E-state index < -0.39 is 0 Å². The van der Waals surface area contributed by atoms with E-state index in [4.69, 9.17) is 5.53 Å². The maximum atomic E-state index is 12.6. The second kappa shape index (κ2) is 6.22. The molecule has 1 aromatic carbocycles. The maximum Gasteiger partial charge on any atom is 0.123 e. The molecule has 0 amide bonds. The molecule has 0 aliphatic carbocycles. The fourth-order valence-electron chi connectivity index (χ4n) is 0.983. The minimum Gasteiger partial charge on any atom is -0.207 e. The Morgan fingerprint density at radius 1 is 1.47 bits per heavy atom. The van der Waals surface area contributed by atoms with E-state index in [9.17, 15) is 4.39 Å². The number of alkyl halides is 1. The number of hydrogen-bond donors (Lipinski definition) is 0. The smallest absolute Gasteiger partial charge is 0.123 e. The van der Waals surface area contributed by atoms with Crippen LogP contribution in [0, 0.1) is 5.82 Å². The van der Waals surface area contributed by atoms with Gasteiger partial charge in [-0.15, -0.1) is 0 Å². The van der Waals surface area contributed by atoms with Gasteiger partial charge in [-0.1, -0.05) is 45.3 Å². The predicted octanol–water partition coefficient (Wildman–Crippen LogP) is 3.91. The van der Waals surface area contributed by atoms with Gasteiger partial charge < -0.3 is 0 Å². The standard InChI is InChI=1S/C10H9BrFN3/c11-7-10(14-15-13)6-3-8-1-4-9(12)5-2-8/h1-6,10H,7H2/b6-3+. The van der Waals surface area contributed by atoms with E-state index >= 15 is 0 Å². The molecule has 0 saturated carbocycles. The van der Waals surface area contributed by atoms with Crippen LogP contribution in [-0.4, -0.2) is 11.4 Å². The molecule has 0 spiro atoms. The van der Waals surface area contributed by atoms with Crippen molar-refractivity contribution in [1.29, 1.82) is 0 Å². The van der Waals surface area contributed by atoms with Gasteiger partial charge in [0, 0.05) is 10.2 Å². The SMILES string of the molecule is [N-]=[N+]=NC(/C=C/c1ccc(F)cc1)CBr. The highest BCUT2D eigenvalue weighted by atomic mass is 79.9. The summed E-state index contributed by atoms with van der Waals surface area (Å²) in [7, 11) is 0. The van der Waals surface area contributed by atoms with Crippen molar-refractivity contribution in [3.8, 4) is 0 Å². The molecular formula is C10H9BrFN3. The average Bonchev–Trinajstić information content (AvgIpc) is 2.26. The van der Waals surface area contributed by atoms with Crippen LogP contribution in [0.2, 0.25) is 0 Å². The fourth-order valence-corrected chi connectivity index (χ4v) is 1.33. The molecule has 0 aliphatic rings. The third-order valence-electron chi connectivity index (χ3n) is 1.74. The Kier molecular flexibility index (Phi) is 4.87. The van der Waals surface area contributed by atoms with Crippen LogP contribution in [0.1, 0.15) is 5.56 Å². The Bertz CT molecular complexity index is 382. The van der Waals surface area contributed by atoms with E-state index in [1.807, 2.05) is 0 Å². The minimum atomic E-state index is -0.265. The molecule has 0 aliphatic heterocycles. The Morgan fingerprint density at radius 3 is 2.67 bits per heavy atom. The average molecular weight is 270 g/mol. The zero-order chi connectivity index (χ0) is 11.1. The maximum absolute atomic E-state index is 12.6. The van der Waals surface area contributed by atoms with E-state index in [0.717, 1.165) is 5.56 Å². The molecule has 5 heteroatoms.